The van der Waals surface area contributed by atoms with Gasteiger partial charge in [-0.2, -0.15) is 5.10 Å². The molecule has 1 aromatic heterocycles. The first-order chi connectivity index (χ1) is 10.7. The largest absolute Gasteiger partial charge is 0.370 e. The van der Waals surface area contributed by atoms with Crippen LogP contribution in [0, 0.1) is 0 Å². The van der Waals surface area contributed by atoms with Gasteiger partial charge in [-0.1, -0.05) is 36.5 Å². The van der Waals surface area contributed by atoms with Crippen LogP contribution in [0.25, 0.3) is 5.69 Å². The maximum absolute atomic E-state index is 6.38. The zero-order valence-electron chi connectivity index (χ0n) is 12.8. The molecule has 22 heavy (non-hydrogen) atoms. The molecule has 118 valence electrons. The maximum Gasteiger partial charge on any atom is 0.133 e. The van der Waals surface area contributed by atoms with Gasteiger partial charge in [0.25, 0.3) is 0 Å². The van der Waals surface area contributed by atoms with Crippen LogP contribution in [0.1, 0.15) is 43.9 Å². The number of rotatable bonds is 4. The Hall–Kier alpha value is -1.19. The molecular weight excluding hydrogens is 317 g/mol. The van der Waals surface area contributed by atoms with Crippen LogP contribution in [0.4, 0.5) is 5.82 Å². The van der Waals surface area contributed by atoms with Crippen LogP contribution in [0.2, 0.25) is 10.0 Å². The van der Waals surface area contributed by atoms with E-state index in [2.05, 4.69) is 12.2 Å². The van der Waals surface area contributed by atoms with Gasteiger partial charge in [-0.25, -0.2) is 4.68 Å². The summed E-state index contributed by atoms with van der Waals surface area (Å²) in [5.41, 5.74) is 3.40. The second-order valence-electron chi connectivity index (χ2n) is 5.77. The summed E-state index contributed by atoms with van der Waals surface area (Å²) in [5, 5.41) is 9.73. The maximum atomic E-state index is 6.38. The number of hydrogen-bond donors (Lipinski definition) is 1. The van der Waals surface area contributed by atoms with Crippen molar-refractivity contribution in [1.82, 2.24) is 9.78 Å². The number of aryl methyl sites for hydroxylation is 1. The lowest BCUT2D eigenvalue weighted by Gasteiger charge is -2.11. The van der Waals surface area contributed by atoms with Crippen molar-refractivity contribution in [3.05, 3.63) is 39.5 Å². The first kappa shape index (κ1) is 15.7. The highest BCUT2D eigenvalue weighted by Gasteiger charge is 2.21. The highest BCUT2D eigenvalue weighted by Crippen LogP contribution is 2.32. The fraction of sp³-hybridized carbons (Fsp3) is 0.471. The molecule has 3 nitrogen and oxygen atoms in total. The quantitative estimate of drug-likeness (QED) is 0.823. The molecule has 0 bridgehead atoms. The van der Waals surface area contributed by atoms with Gasteiger partial charge in [0.05, 0.1) is 16.4 Å². The number of nitrogens with zero attached hydrogens (tertiary/aromatic N) is 2. The van der Waals surface area contributed by atoms with Gasteiger partial charge in [0.2, 0.25) is 0 Å². The first-order valence-corrected chi connectivity index (χ1v) is 8.76. The fourth-order valence-electron chi connectivity index (χ4n) is 2.94. The van der Waals surface area contributed by atoms with E-state index in [0.29, 0.717) is 10.0 Å². The van der Waals surface area contributed by atoms with E-state index in [-0.39, 0.29) is 0 Å². The average molecular weight is 338 g/mol. The number of unbranched alkanes of at least 4 members (excludes halogenated alkanes) is 1. The van der Waals surface area contributed by atoms with Crippen molar-refractivity contribution in [1.29, 1.82) is 0 Å². The molecule has 0 radical (unpaired) electrons. The Labute approximate surface area is 141 Å². The van der Waals surface area contributed by atoms with Gasteiger partial charge in [-0.05, 0) is 50.3 Å². The molecule has 0 saturated carbocycles. The number of anilines is 1. The van der Waals surface area contributed by atoms with Crippen molar-refractivity contribution in [2.75, 3.05) is 11.9 Å². The smallest absolute Gasteiger partial charge is 0.133 e. The Morgan fingerprint density at radius 1 is 1.27 bits per heavy atom. The van der Waals surface area contributed by atoms with Gasteiger partial charge < -0.3 is 5.32 Å². The lowest BCUT2D eigenvalue weighted by Crippen LogP contribution is -2.07. The Balaban J connectivity index is 2.10. The van der Waals surface area contributed by atoms with Gasteiger partial charge in [-0.15, -0.1) is 0 Å². The van der Waals surface area contributed by atoms with E-state index in [0.717, 1.165) is 37.3 Å². The zero-order chi connectivity index (χ0) is 15.5. The zero-order valence-corrected chi connectivity index (χ0v) is 14.3. The number of halogens is 2. The molecular formula is C17H21Cl2N3. The molecule has 2 heterocycles. The van der Waals surface area contributed by atoms with E-state index in [1.165, 1.54) is 30.5 Å². The molecule has 3 rings (SSSR count). The van der Waals surface area contributed by atoms with Crippen molar-refractivity contribution in [3.63, 3.8) is 0 Å². The van der Waals surface area contributed by atoms with Crippen LogP contribution in [-0.2, 0) is 12.8 Å². The van der Waals surface area contributed by atoms with Crippen LogP contribution in [0.3, 0.4) is 0 Å². The minimum Gasteiger partial charge on any atom is -0.370 e. The van der Waals surface area contributed by atoms with E-state index in [1.807, 2.05) is 16.8 Å². The predicted molar refractivity (Wildman–Crippen MR) is 93.6 cm³/mol. The average Bonchev–Trinajstić information content (AvgIpc) is 2.70. The number of aromatic nitrogens is 2. The Kier molecular flexibility index (Phi) is 4.94. The third-order valence-corrected chi connectivity index (χ3v) is 4.67. The lowest BCUT2D eigenvalue weighted by molar-refractivity contribution is 0.728. The molecule has 2 aromatic rings. The van der Waals surface area contributed by atoms with Crippen molar-refractivity contribution >= 4 is 29.0 Å². The summed E-state index contributed by atoms with van der Waals surface area (Å²) in [6, 6.07) is 5.52. The van der Waals surface area contributed by atoms with Crippen LogP contribution >= 0.6 is 23.2 Å². The van der Waals surface area contributed by atoms with Crippen molar-refractivity contribution in [2.45, 2.75) is 45.4 Å². The van der Waals surface area contributed by atoms with E-state index >= 15 is 0 Å². The molecule has 1 aliphatic heterocycles. The van der Waals surface area contributed by atoms with E-state index < -0.39 is 0 Å². The Bertz CT molecular complexity index is 664. The summed E-state index contributed by atoms with van der Waals surface area (Å²) < 4.78 is 1.94. The summed E-state index contributed by atoms with van der Waals surface area (Å²) >= 11 is 12.5. The monoisotopic (exact) mass is 337 g/mol. The summed E-state index contributed by atoms with van der Waals surface area (Å²) in [6.45, 7) is 3.19. The van der Waals surface area contributed by atoms with Crippen LogP contribution < -0.4 is 5.32 Å². The minimum atomic E-state index is 0.669. The SMILES string of the molecule is CCCCc1nn(-c2cc(Cl)ccc2Cl)c2c1CCCCN2. The van der Waals surface area contributed by atoms with Crippen LogP contribution in [0.5, 0.6) is 0 Å². The molecule has 5 heteroatoms. The standard InChI is InChI=1S/C17H21Cl2N3/c1-2-3-7-15-13-6-4-5-10-20-17(13)22(21-15)16-11-12(18)8-9-14(16)19/h8-9,11,20H,2-7,10H2,1H3. The van der Waals surface area contributed by atoms with Crippen molar-refractivity contribution < 1.29 is 0 Å². The Morgan fingerprint density at radius 3 is 2.95 bits per heavy atom. The normalized spacial score (nSPS) is 14.3. The molecule has 0 spiro atoms. The lowest BCUT2D eigenvalue weighted by atomic mass is 10.1. The molecule has 0 aliphatic carbocycles. The second kappa shape index (κ2) is 6.93. The van der Waals surface area contributed by atoms with Gasteiger partial charge >= 0.3 is 0 Å². The molecule has 0 fully saturated rings. The van der Waals surface area contributed by atoms with E-state index in [9.17, 15) is 0 Å². The second-order valence-corrected chi connectivity index (χ2v) is 6.61. The summed E-state index contributed by atoms with van der Waals surface area (Å²) in [6.07, 6.45) is 6.82. The Morgan fingerprint density at radius 2 is 2.14 bits per heavy atom. The number of fused-ring (bicyclic) bond motifs is 1. The minimum absolute atomic E-state index is 0.669. The summed E-state index contributed by atoms with van der Waals surface area (Å²) in [7, 11) is 0. The molecule has 0 atom stereocenters. The molecule has 0 unspecified atom stereocenters. The van der Waals surface area contributed by atoms with Gasteiger partial charge in [0, 0.05) is 17.1 Å². The van der Waals surface area contributed by atoms with Crippen LogP contribution in [-0.4, -0.2) is 16.3 Å². The summed E-state index contributed by atoms with van der Waals surface area (Å²) in [5.74, 6) is 1.09. The number of nitrogens with one attached hydrogen (secondary N) is 1. The van der Waals surface area contributed by atoms with Crippen LogP contribution in [0.15, 0.2) is 18.2 Å². The third kappa shape index (κ3) is 3.11. The highest BCUT2D eigenvalue weighted by molar-refractivity contribution is 6.34. The molecule has 0 saturated heterocycles. The number of hydrogen-bond acceptors (Lipinski definition) is 2. The van der Waals surface area contributed by atoms with E-state index in [1.54, 1.807) is 6.07 Å². The molecule has 1 aliphatic rings. The van der Waals surface area contributed by atoms with Gasteiger partial charge in [0.1, 0.15) is 5.82 Å². The highest BCUT2D eigenvalue weighted by atomic mass is 35.5. The van der Waals surface area contributed by atoms with E-state index in [4.69, 9.17) is 28.3 Å². The molecule has 1 N–H and O–H groups in total. The van der Waals surface area contributed by atoms with Gasteiger partial charge in [-0.3, -0.25) is 0 Å². The molecule has 1 aromatic carbocycles. The van der Waals surface area contributed by atoms with Gasteiger partial charge in [0.15, 0.2) is 0 Å². The van der Waals surface area contributed by atoms with Crippen molar-refractivity contribution in [3.8, 4) is 5.69 Å². The predicted octanol–water partition coefficient (Wildman–Crippen LogP) is 5.27. The summed E-state index contributed by atoms with van der Waals surface area (Å²) in [4.78, 5) is 0. The first-order valence-electron chi connectivity index (χ1n) is 8.00. The third-order valence-electron chi connectivity index (χ3n) is 4.12. The molecule has 0 amide bonds. The van der Waals surface area contributed by atoms with Crippen molar-refractivity contribution in [2.24, 2.45) is 0 Å². The topological polar surface area (TPSA) is 29.9 Å². The fourth-order valence-corrected chi connectivity index (χ4v) is 3.30. The number of benzene rings is 1.